The summed E-state index contributed by atoms with van der Waals surface area (Å²) in [5.41, 5.74) is -0.0550. The van der Waals surface area contributed by atoms with E-state index in [-0.39, 0.29) is 11.4 Å². The molecule has 1 amide bonds. The van der Waals surface area contributed by atoms with Crippen LogP contribution in [-0.4, -0.2) is 35.5 Å². The summed E-state index contributed by atoms with van der Waals surface area (Å²) < 4.78 is 0. The molecular weight excluding hydrogens is 232 g/mol. The number of amides is 1. The fraction of sp³-hybridized carbons (Fsp3) is 0.923. The number of thioether (sulfide) groups is 1. The van der Waals surface area contributed by atoms with E-state index in [1.807, 2.05) is 11.8 Å². The molecule has 100 valence electrons. The van der Waals surface area contributed by atoms with Gasteiger partial charge in [0.05, 0.1) is 5.75 Å². The van der Waals surface area contributed by atoms with Gasteiger partial charge in [-0.05, 0) is 46.2 Å². The lowest BCUT2D eigenvalue weighted by atomic mass is 9.99. The van der Waals surface area contributed by atoms with Crippen molar-refractivity contribution in [1.82, 2.24) is 10.6 Å². The fourth-order valence-electron chi connectivity index (χ4n) is 2.26. The normalized spacial score (nSPS) is 18.1. The molecule has 1 saturated heterocycles. The largest absolute Gasteiger partial charge is 0.351 e. The maximum atomic E-state index is 11.8. The smallest absolute Gasteiger partial charge is 0.230 e. The van der Waals surface area contributed by atoms with Gasteiger partial charge in [-0.25, -0.2) is 0 Å². The maximum Gasteiger partial charge on any atom is 0.230 e. The number of nitrogens with one attached hydrogen (secondary N) is 2. The second-order valence-electron chi connectivity index (χ2n) is 5.44. The highest BCUT2D eigenvalue weighted by Crippen LogP contribution is 2.20. The van der Waals surface area contributed by atoms with Gasteiger partial charge in [0.25, 0.3) is 0 Å². The van der Waals surface area contributed by atoms with Crippen LogP contribution in [0.25, 0.3) is 0 Å². The molecular formula is C13H26N2OS. The Bertz CT molecular complexity index is 238. The Balaban J connectivity index is 2.20. The molecule has 1 rings (SSSR count). The summed E-state index contributed by atoms with van der Waals surface area (Å²) in [5.74, 6) is 0.796. The lowest BCUT2D eigenvalue weighted by Crippen LogP contribution is -2.44. The summed E-state index contributed by atoms with van der Waals surface area (Å²) >= 11 is 1.81. The van der Waals surface area contributed by atoms with Gasteiger partial charge in [0.2, 0.25) is 5.91 Å². The van der Waals surface area contributed by atoms with E-state index in [0.717, 1.165) is 25.9 Å². The van der Waals surface area contributed by atoms with Gasteiger partial charge in [-0.1, -0.05) is 13.3 Å². The van der Waals surface area contributed by atoms with Crippen LogP contribution in [0.1, 0.15) is 46.5 Å². The third-order valence-corrected chi connectivity index (χ3v) is 4.46. The average molecular weight is 258 g/mol. The average Bonchev–Trinajstić information content (AvgIpc) is 2.27. The van der Waals surface area contributed by atoms with E-state index in [2.05, 4.69) is 31.4 Å². The van der Waals surface area contributed by atoms with Gasteiger partial charge >= 0.3 is 0 Å². The van der Waals surface area contributed by atoms with Crippen molar-refractivity contribution in [2.24, 2.45) is 0 Å². The highest BCUT2D eigenvalue weighted by atomic mass is 32.2. The number of hydrogen-bond acceptors (Lipinski definition) is 3. The van der Waals surface area contributed by atoms with Crippen LogP contribution in [0.3, 0.4) is 0 Å². The minimum Gasteiger partial charge on any atom is -0.351 e. The molecule has 4 heteroatoms. The van der Waals surface area contributed by atoms with Crippen LogP contribution in [0.2, 0.25) is 0 Å². The molecule has 0 bridgehead atoms. The van der Waals surface area contributed by atoms with Crippen molar-refractivity contribution < 1.29 is 4.79 Å². The van der Waals surface area contributed by atoms with Crippen molar-refractivity contribution in [3.8, 4) is 0 Å². The number of piperidine rings is 1. The van der Waals surface area contributed by atoms with Crippen LogP contribution in [0.4, 0.5) is 0 Å². The molecule has 0 unspecified atom stereocenters. The van der Waals surface area contributed by atoms with Crippen molar-refractivity contribution in [2.45, 2.75) is 57.2 Å². The van der Waals surface area contributed by atoms with Crippen LogP contribution in [0, 0.1) is 0 Å². The standard InChI is InChI=1S/C13H26N2OS/c1-4-7-13(2,3)15-12(16)10-17-11-5-8-14-9-6-11/h11,14H,4-10H2,1-3H3,(H,15,16). The molecule has 0 aromatic rings. The molecule has 17 heavy (non-hydrogen) atoms. The van der Waals surface area contributed by atoms with Crippen LogP contribution >= 0.6 is 11.8 Å². The molecule has 0 atom stereocenters. The van der Waals surface area contributed by atoms with Gasteiger partial charge in [-0.15, -0.1) is 11.8 Å². The third-order valence-electron chi connectivity index (χ3n) is 3.09. The van der Waals surface area contributed by atoms with Crippen molar-refractivity contribution in [3.63, 3.8) is 0 Å². The van der Waals surface area contributed by atoms with Gasteiger partial charge < -0.3 is 10.6 Å². The molecule has 0 saturated carbocycles. The van der Waals surface area contributed by atoms with Crippen LogP contribution in [0.5, 0.6) is 0 Å². The second kappa shape index (κ2) is 7.27. The summed E-state index contributed by atoms with van der Waals surface area (Å²) in [6.45, 7) is 8.55. The zero-order chi connectivity index (χ0) is 12.7. The van der Waals surface area contributed by atoms with E-state index < -0.39 is 0 Å². The lowest BCUT2D eigenvalue weighted by molar-refractivity contribution is -0.120. The highest BCUT2D eigenvalue weighted by molar-refractivity contribution is 8.00. The van der Waals surface area contributed by atoms with Crippen molar-refractivity contribution in [1.29, 1.82) is 0 Å². The van der Waals surface area contributed by atoms with Crippen molar-refractivity contribution in [3.05, 3.63) is 0 Å². The van der Waals surface area contributed by atoms with E-state index in [4.69, 9.17) is 0 Å². The summed E-state index contributed by atoms with van der Waals surface area (Å²) in [6.07, 6.45) is 4.53. The first-order valence-electron chi connectivity index (χ1n) is 6.67. The maximum absolute atomic E-state index is 11.8. The molecule has 0 aromatic carbocycles. The van der Waals surface area contributed by atoms with Gasteiger partial charge in [0, 0.05) is 10.8 Å². The first-order chi connectivity index (χ1) is 8.03. The summed E-state index contributed by atoms with van der Waals surface area (Å²) in [7, 11) is 0. The predicted octanol–water partition coefficient (Wildman–Crippen LogP) is 2.17. The Morgan fingerprint density at radius 1 is 1.41 bits per heavy atom. The monoisotopic (exact) mass is 258 g/mol. The second-order valence-corrected chi connectivity index (χ2v) is 6.73. The zero-order valence-electron chi connectivity index (χ0n) is 11.3. The lowest BCUT2D eigenvalue weighted by Gasteiger charge is -2.27. The number of rotatable bonds is 6. The van der Waals surface area contributed by atoms with E-state index in [1.54, 1.807) is 0 Å². The Hall–Kier alpha value is -0.220. The van der Waals surface area contributed by atoms with Gasteiger partial charge in [-0.2, -0.15) is 0 Å². The summed E-state index contributed by atoms with van der Waals surface area (Å²) in [5, 5.41) is 7.13. The Morgan fingerprint density at radius 3 is 2.65 bits per heavy atom. The van der Waals surface area contributed by atoms with E-state index in [1.165, 1.54) is 12.8 Å². The van der Waals surface area contributed by atoms with Gasteiger partial charge in [0.1, 0.15) is 0 Å². The minimum atomic E-state index is -0.0550. The molecule has 1 aliphatic rings. The SMILES string of the molecule is CCCC(C)(C)NC(=O)CSC1CCNCC1. The third kappa shape index (κ3) is 6.32. The number of carbonyl (C=O) groups excluding carboxylic acids is 1. The molecule has 2 N–H and O–H groups in total. The molecule has 1 fully saturated rings. The topological polar surface area (TPSA) is 41.1 Å². The summed E-state index contributed by atoms with van der Waals surface area (Å²) in [4.78, 5) is 11.8. The number of carbonyl (C=O) groups is 1. The molecule has 0 spiro atoms. The molecule has 1 heterocycles. The first kappa shape index (κ1) is 14.8. The fourth-order valence-corrected chi connectivity index (χ4v) is 3.28. The van der Waals surface area contributed by atoms with Crippen LogP contribution in [0.15, 0.2) is 0 Å². The quantitative estimate of drug-likeness (QED) is 0.767. The molecule has 0 aromatic heterocycles. The van der Waals surface area contributed by atoms with Gasteiger partial charge in [0.15, 0.2) is 0 Å². The Kier molecular flexibility index (Phi) is 6.34. The summed E-state index contributed by atoms with van der Waals surface area (Å²) in [6, 6.07) is 0. The van der Waals surface area contributed by atoms with Crippen molar-refractivity contribution in [2.75, 3.05) is 18.8 Å². The number of hydrogen-bond donors (Lipinski definition) is 2. The van der Waals surface area contributed by atoms with E-state index in [9.17, 15) is 4.79 Å². The Morgan fingerprint density at radius 2 is 2.06 bits per heavy atom. The van der Waals surface area contributed by atoms with E-state index >= 15 is 0 Å². The van der Waals surface area contributed by atoms with Crippen molar-refractivity contribution >= 4 is 17.7 Å². The Labute approximate surface area is 109 Å². The molecule has 1 aliphatic heterocycles. The first-order valence-corrected chi connectivity index (χ1v) is 7.72. The molecule has 3 nitrogen and oxygen atoms in total. The molecule has 0 aliphatic carbocycles. The zero-order valence-corrected chi connectivity index (χ0v) is 12.2. The predicted molar refractivity (Wildman–Crippen MR) is 75.5 cm³/mol. The highest BCUT2D eigenvalue weighted by Gasteiger charge is 2.20. The molecule has 0 radical (unpaired) electrons. The minimum absolute atomic E-state index is 0.0550. The van der Waals surface area contributed by atoms with Gasteiger partial charge in [-0.3, -0.25) is 4.79 Å². The van der Waals surface area contributed by atoms with E-state index in [0.29, 0.717) is 11.0 Å². The van der Waals surface area contributed by atoms with Crippen LogP contribution < -0.4 is 10.6 Å². The van der Waals surface area contributed by atoms with Crippen LogP contribution in [-0.2, 0) is 4.79 Å².